The number of hydrogen-bond donors (Lipinski definition) is 6. The molecule has 0 spiro atoms. The molecule has 1 aliphatic heterocycles. The molecule has 29 heavy (non-hydrogen) atoms. The zero-order valence-corrected chi connectivity index (χ0v) is 17.4. The average Bonchev–Trinajstić information content (AvgIpc) is 2.63. The van der Waals surface area contributed by atoms with Gasteiger partial charge in [-0.3, -0.25) is 0 Å². The lowest BCUT2D eigenvalue weighted by molar-refractivity contribution is -0.334. The van der Waals surface area contributed by atoms with E-state index in [0.717, 1.165) is 12.0 Å². The van der Waals surface area contributed by atoms with Crippen molar-refractivity contribution in [2.75, 3.05) is 6.61 Å². The van der Waals surface area contributed by atoms with Crippen LogP contribution >= 0.6 is 0 Å². The molecule has 3 aliphatic rings. The third kappa shape index (κ3) is 4.02. The molecule has 0 bridgehead atoms. The van der Waals surface area contributed by atoms with E-state index in [2.05, 4.69) is 13.5 Å². The van der Waals surface area contributed by atoms with Crippen molar-refractivity contribution in [3.63, 3.8) is 0 Å². The first-order valence-corrected chi connectivity index (χ1v) is 10.4. The Morgan fingerprint density at radius 3 is 2.38 bits per heavy atom. The molecule has 168 valence electrons. The SMILES string of the molecule is C=C(C)C1CC2C(C)(CCC(OC3OC(CO)C(O)C(O)C3O)C2(C)O)CC1O. The Morgan fingerprint density at radius 1 is 1.14 bits per heavy atom. The molecular formula is C21H36O8. The highest BCUT2D eigenvalue weighted by atomic mass is 16.7. The van der Waals surface area contributed by atoms with E-state index in [1.54, 1.807) is 6.92 Å². The van der Waals surface area contributed by atoms with Crippen LogP contribution < -0.4 is 0 Å². The predicted molar refractivity (Wildman–Crippen MR) is 104 cm³/mol. The molecule has 11 atom stereocenters. The second kappa shape index (κ2) is 8.16. The van der Waals surface area contributed by atoms with Crippen LogP contribution in [0.15, 0.2) is 12.2 Å². The summed E-state index contributed by atoms with van der Waals surface area (Å²) in [6.07, 6.45) is -5.65. The predicted octanol–water partition coefficient (Wildman–Crippen LogP) is -0.314. The molecule has 3 fully saturated rings. The molecule has 11 unspecified atom stereocenters. The number of aliphatic hydroxyl groups excluding tert-OH is 5. The van der Waals surface area contributed by atoms with E-state index in [1.165, 1.54) is 0 Å². The lowest BCUT2D eigenvalue weighted by Gasteiger charge is -2.58. The zero-order chi connectivity index (χ0) is 21.7. The van der Waals surface area contributed by atoms with Gasteiger partial charge in [-0.05, 0) is 50.9 Å². The van der Waals surface area contributed by atoms with Crippen LogP contribution in [-0.2, 0) is 9.47 Å². The summed E-state index contributed by atoms with van der Waals surface area (Å²) in [5.41, 5.74) is -0.642. The van der Waals surface area contributed by atoms with Crippen molar-refractivity contribution in [3.8, 4) is 0 Å². The van der Waals surface area contributed by atoms with E-state index in [9.17, 15) is 30.6 Å². The van der Waals surface area contributed by atoms with E-state index >= 15 is 0 Å². The molecule has 3 rings (SSSR count). The quantitative estimate of drug-likeness (QED) is 0.271. The molecule has 0 radical (unpaired) electrons. The van der Waals surface area contributed by atoms with Gasteiger partial charge in [-0.15, -0.1) is 0 Å². The van der Waals surface area contributed by atoms with Gasteiger partial charge in [0.2, 0.25) is 0 Å². The van der Waals surface area contributed by atoms with Crippen LogP contribution in [0.3, 0.4) is 0 Å². The number of rotatable bonds is 4. The van der Waals surface area contributed by atoms with E-state index in [0.29, 0.717) is 19.3 Å². The Morgan fingerprint density at radius 2 is 1.79 bits per heavy atom. The Hall–Kier alpha value is -0.580. The van der Waals surface area contributed by atoms with E-state index < -0.39 is 55.1 Å². The largest absolute Gasteiger partial charge is 0.394 e. The fraction of sp³-hybridized carbons (Fsp3) is 0.905. The van der Waals surface area contributed by atoms with Crippen LogP contribution in [0.25, 0.3) is 0 Å². The summed E-state index contributed by atoms with van der Waals surface area (Å²) in [4.78, 5) is 0. The van der Waals surface area contributed by atoms with Gasteiger partial charge in [0.05, 0.1) is 24.4 Å². The molecule has 8 nitrogen and oxygen atoms in total. The van der Waals surface area contributed by atoms with Gasteiger partial charge in [-0.25, -0.2) is 0 Å². The summed E-state index contributed by atoms with van der Waals surface area (Å²) >= 11 is 0. The highest BCUT2D eigenvalue weighted by Crippen LogP contribution is 2.57. The molecule has 1 saturated heterocycles. The van der Waals surface area contributed by atoms with Gasteiger partial charge in [0.15, 0.2) is 6.29 Å². The minimum Gasteiger partial charge on any atom is -0.394 e. The maximum absolute atomic E-state index is 11.5. The topological polar surface area (TPSA) is 140 Å². The molecule has 0 aromatic rings. The van der Waals surface area contributed by atoms with Gasteiger partial charge in [-0.1, -0.05) is 19.1 Å². The summed E-state index contributed by atoms with van der Waals surface area (Å²) in [6.45, 7) is 9.12. The van der Waals surface area contributed by atoms with Crippen molar-refractivity contribution in [2.24, 2.45) is 17.3 Å². The van der Waals surface area contributed by atoms with Crippen LogP contribution in [0.2, 0.25) is 0 Å². The maximum Gasteiger partial charge on any atom is 0.187 e. The second-order valence-corrected chi connectivity index (χ2v) is 9.75. The fourth-order valence-electron chi connectivity index (χ4n) is 5.73. The van der Waals surface area contributed by atoms with E-state index in [-0.39, 0.29) is 17.3 Å². The normalized spacial score (nSPS) is 53.3. The van der Waals surface area contributed by atoms with Crippen molar-refractivity contribution in [1.29, 1.82) is 0 Å². The molecule has 6 N–H and O–H groups in total. The molecule has 8 heteroatoms. The highest BCUT2D eigenvalue weighted by Gasteiger charge is 2.58. The van der Waals surface area contributed by atoms with Gasteiger partial charge in [0.25, 0.3) is 0 Å². The Labute approximate surface area is 171 Å². The van der Waals surface area contributed by atoms with Gasteiger partial charge < -0.3 is 40.1 Å². The van der Waals surface area contributed by atoms with Gasteiger partial charge in [0.1, 0.15) is 24.4 Å². The Balaban J connectivity index is 1.79. The van der Waals surface area contributed by atoms with Crippen molar-refractivity contribution in [1.82, 2.24) is 0 Å². The molecule has 2 aliphatic carbocycles. The number of hydrogen-bond acceptors (Lipinski definition) is 8. The van der Waals surface area contributed by atoms with Crippen molar-refractivity contribution in [3.05, 3.63) is 12.2 Å². The first-order valence-electron chi connectivity index (χ1n) is 10.4. The van der Waals surface area contributed by atoms with Gasteiger partial charge in [-0.2, -0.15) is 0 Å². The number of ether oxygens (including phenoxy) is 2. The maximum atomic E-state index is 11.5. The minimum atomic E-state index is -1.53. The summed E-state index contributed by atoms with van der Waals surface area (Å²) in [5, 5.41) is 61.7. The molecule has 1 heterocycles. The van der Waals surface area contributed by atoms with Crippen LogP contribution in [0.5, 0.6) is 0 Å². The Kier molecular flexibility index (Phi) is 6.50. The zero-order valence-electron chi connectivity index (χ0n) is 17.4. The van der Waals surface area contributed by atoms with Gasteiger partial charge >= 0.3 is 0 Å². The molecular weight excluding hydrogens is 380 g/mol. The van der Waals surface area contributed by atoms with E-state index in [4.69, 9.17) is 9.47 Å². The van der Waals surface area contributed by atoms with Crippen LogP contribution in [-0.4, -0.2) is 85.8 Å². The standard InChI is InChI=1S/C21H36O8/c1-10(2)11-7-14-20(3,8-12(11)23)6-5-15(21(14,4)27)29-19-18(26)17(25)16(24)13(9-22)28-19/h11-19,22-27H,1,5-9H2,2-4H3. The highest BCUT2D eigenvalue weighted by molar-refractivity contribution is 5.12. The van der Waals surface area contributed by atoms with Crippen LogP contribution in [0.1, 0.15) is 46.5 Å². The fourth-order valence-corrected chi connectivity index (χ4v) is 5.73. The van der Waals surface area contributed by atoms with Gasteiger partial charge in [0, 0.05) is 5.92 Å². The summed E-state index contributed by atoms with van der Waals surface area (Å²) in [6, 6.07) is 0. The lowest BCUT2D eigenvalue weighted by atomic mass is 9.51. The number of fused-ring (bicyclic) bond motifs is 1. The van der Waals surface area contributed by atoms with E-state index in [1.807, 2.05) is 6.92 Å². The smallest absolute Gasteiger partial charge is 0.187 e. The second-order valence-electron chi connectivity index (χ2n) is 9.75. The number of aliphatic hydroxyl groups is 6. The summed E-state index contributed by atoms with van der Waals surface area (Å²) in [7, 11) is 0. The van der Waals surface area contributed by atoms with Crippen LogP contribution in [0, 0.1) is 17.3 Å². The first-order chi connectivity index (χ1) is 13.4. The molecule has 2 saturated carbocycles. The monoisotopic (exact) mass is 416 g/mol. The Bertz CT molecular complexity index is 607. The third-order valence-corrected chi connectivity index (χ3v) is 7.59. The summed E-state index contributed by atoms with van der Waals surface area (Å²) < 4.78 is 11.4. The lowest BCUT2D eigenvalue weighted by Crippen LogP contribution is -2.64. The minimum absolute atomic E-state index is 0.106. The molecule has 0 amide bonds. The van der Waals surface area contributed by atoms with Crippen molar-refractivity contribution in [2.45, 2.75) is 95.0 Å². The van der Waals surface area contributed by atoms with Crippen LogP contribution in [0.4, 0.5) is 0 Å². The first kappa shape index (κ1) is 23.1. The van der Waals surface area contributed by atoms with Crippen molar-refractivity contribution < 1.29 is 40.1 Å². The van der Waals surface area contributed by atoms with Crippen molar-refractivity contribution >= 4 is 0 Å². The molecule has 0 aromatic heterocycles. The third-order valence-electron chi connectivity index (χ3n) is 7.59. The summed E-state index contributed by atoms with van der Waals surface area (Å²) in [5.74, 6) is -0.269. The molecule has 0 aromatic carbocycles. The average molecular weight is 417 g/mol.